The molecule has 14 heteroatoms. The number of carbonyl (C=O) groups is 3. The van der Waals surface area contributed by atoms with E-state index in [1.54, 1.807) is 20.0 Å². The Morgan fingerprint density at radius 3 is 2.44 bits per heavy atom. The van der Waals surface area contributed by atoms with Gasteiger partial charge < -0.3 is 15.7 Å². The molecule has 0 spiro atoms. The summed E-state index contributed by atoms with van der Waals surface area (Å²) in [6.07, 6.45) is 4.58. The van der Waals surface area contributed by atoms with E-state index in [1.165, 1.54) is 11.0 Å². The molecule has 41 heavy (non-hydrogen) atoms. The molecule has 1 aliphatic rings. The fourth-order valence-electron chi connectivity index (χ4n) is 4.57. The highest BCUT2D eigenvalue weighted by molar-refractivity contribution is 5.93. The van der Waals surface area contributed by atoms with Crippen LogP contribution in [0.25, 0.3) is 0 Å². The van der Waals surface area contributed by atoms with Gasteiger partial charge in [0.25, 0.3) is 5.56 Å². The van der Waals surface area contributed by atoms with E-state index >= 15 is 0 Å². The van der Waals surface area contributed by atoms with Gasteiger partial charge in [-0.1, -0.05) is 44.4 Å². The number of carbonyl (C=O) groups excluding carboxylic acids is 2. The Balaban J connectivity index is 1.80. The lowest BCUT2D eigenvalue weighted by atomic mass is 9.92. The number of carboxylic acid groups (broad SMARTS) is 1. The molecule has 0 bridgehead atoms. The predicted octanol–water partition coefficient (Wildman–Crippen LogP) is 1.36. The lowest BCUT2D eigenvalue weighted by Gasteiger charge is -2.27. The van der Waals surface area contributed by atoms with Crippen LogP contribution in [0.4, 0.5) is 5.82 Å². The number of ketones is 1. The summed E-state index contributed by atoms with van der Waals surface area (Å²) >= 11 is 0. The van der Waals surface area contributed by atoms with Crippen molar-refractivity contribution in [3.8, 4) is 0 Å². The number of aromatic nitrogens is 4. The van der Waals surface area contributed by atoms with E-state index in [1.807, 2.05) is 20.8 Å². The number of likely N-dealkylation sites (tertiary alicyclic amines) is 1. The minimum absolute atomic E-state index is 0.0196. The molecule has 0 aromatic carbocycles. The van der Waals surface area contributed by atoms with Crippen molar-refractivity contribution in [2.24, 2.45) is 0 Å². The Labute approximate surface area is 239 Å². The second kappa shape index (κ2) is 14.3. The van der Waals surface area contributed by atoms with Gasteiger partial charge in [0.1, 0.15) is 17.4 Å². The van der Waals surface area contributed by atoms with E-state index in [9.17, 15) is 24.3 Å². The number of piperidine rings is 1. The maximum Gasteiger partial charge on any atom is 0.305 e. The SMILES string of the molecule is CCC(C(=O)N[C@@H](CC(=O)O)C(=O)CNCN1CCCCC1)n1cc(C(C)(C)C)nc(NCc2nonc2C)c1=O. The summed E-state index contributed by atoms with van der Waals surface area (Å²) in [5, 5.41) is 25.6. The van der Waals surface area contributed by atoms with Gasteiger partial charge in [0.05, 0.1) is 31.2 Å². The average Bonchev–Trinajstić information content (AvgIpc) is 3.33. The molecule has 226 valence electrons. The van der Waals surface area contributed by atoms with Crippen LogP contribution in [0.5, 0.6) is 0 Å². The molecular weight excluding hydrogens is 532 g/mol. The standard InChI is InChI=1S/C27H42N8O6/c1-6-20(25(39)30-18(12-23(37)38)21(36)14-28-16-34-10-8-7-9-11-34)35-15-22(27(3,4)5)31-24(26(35)40)29-13-19-17(2)32-41-33-19/h15,18,20,28H,6-14,16H2,1-5H3,(H,29,31)(H,30,39)(H,37,38)/t18-,20?/m0/s1. The Bertz CT molecular complexity index is 1260. The summed E-state index contributed by atoms with van der Waals surface area (Å²) in [7, 11) is 0. The van der Waals surface area contributed by atoms with Crippen LogP contribution in [0.15, 0.2) is 15.6 Å². The number of rotatable bonds is 14. The van der Waals surface area contributed by atoms with Gasteiger partial charge in [0.2, 0.25) is 5.91 Å². The number of hydrogen-bond donors (Lipinski definition) is 4. The minimum atomic E-state index is -1.25. The van der Waals surface area contributed by atoms with Crippen molar-refractivity contribution < 1.29 is 24.1 Å². The van der Waals surface area contributed by atoms with E-state index in [4.69, 9.17) is 4.63 Å². The molecule has 14 nitrogen and oxygen atoms in total. The highest BCUT2D eigenvalue weighted by Gasteiger charge is 2.30. The maximum absolute atomic E-state index is 13.5. The largest absolute Gasteiger partial charge is 0.481 e. The van der Waals surface area contributed by atoms with Gasteiger partial charge in [-0.15, -0.1) is 0 Å². The first-order chi connectivity index (χ1) is 19.4. The number of carboxylic acids is 1. The van der Waals surface area contributed by atoms with Gasteiger partial charge in [-0.2, -0.15) is 0 Å². The van der Waals surface area contributed by atoms with Crippen molar-refractivity contribution in [3.63, 3.8) is 0 Å². The maximum atomic E-state index is 13.5. The Morgan fingerprint density at radius 1 is 1.15 bits per heavy atom. The molecule has 1 unspecified atom stereocenters. The zero-order valence-corrected chi connectivity index (χ0v) is 24.5. The molecule has 0 radical (unpaired) electrons. The third kappa shape index (κ3) is 8.92. The molecule has 1 fully saturated rings. The lowest BCUT2D eigenvalue weighted by molar-refractivity contribution is -0.140. The number of nitrogens with zero attached hydrogens (tertiary/aromatic N) is 5. The van der Waals surface area contributed by atoms with E-state index in [2.05, 4.69) is 36.1 Å². The molecule has 0 saturated carbocycles. The van der Waals surface area contributed by atoms with Crippen LogP contribution in [0.2, 0.25) is 0 Å². The number of nitrogens with one attached hydrogen (secondary N) is 3. The zero-order chi connectivity index (χ0) is 30.2. The number of Topliss-reactive ketones (excluding diaryl/α,β-unsaturated/α-hetero) is 1. The van der Waals surface area contributed by atoms with Crippen LogP contribution < -0.4 is 21.5 Å². The number of anilines is 1. The summed E-state index contributed by atoms with van der Waals surface area (Å²) < 4.78 is 6.01. The molecule has 1 amide bonds. The normalized spacial score (nSPS) is 15.7. The first kappa shape index (κ1) is 31.9. The summed E-state index contributed by atoms with van der Waals surface area (Å²) in [6.45, 7) is 11.7. The topological polar surface area (TPSA) is 185 Å². The predicted molar refractivity (Wildman–Crippen MR) is 150 cm³/mol. The first-order valence-electron chi connectivity index (χ1n) is 14.0. The van der Waals surface area contributed by atoms with Crippen molar-refractivity contribution in [1.82, 2.24) is 35.4 Å². The van der Waals surface area contributed by atoms with E-state index in [-0.39, 0.29) is 25.3 Å². The van der Waals surface area contributed by atoms with Gasteiger partial charge in [-0.25, -0.2) is 9.61 Å². The van der Waals surface area contributed by atoms with Gasteiger partial charge in [0.15, 0.2) is 11.6 Å². The van der Waals surface area contributed by atoms with E-state index in [0.29, 0.717) is 23.8 Å². The quantitative estimate of drug-likeness (QED) is 0.254. The highest BCUT2D eigenvalue weighted by Crippen LogP contribution is 2.22. The smallest absolute Gasteiger partial charge is 0.305 e. The third-order valence-electron chi connectivity index (χ3n) is 7.06. The molecule has 3 heterocycles. The second-order valence-electron chi connectivity index (χ2n) is 11.4. The van der Waals surface area contributed by atoms with Gasteiger partial charge in [0, 0.05) is 18.3 Å². The lowest BCUT2D eigenvalue weighted by Crippen LogP contribution is -2.50. The summed E-state index contributed by atoms with van der Waals surface area (Å²) in [5.74, 6) is -2.26. The molecule has 2 atom stereocenters. The summed E-state index contributed by atoms with van der Waals surface area (Å²) in [4.78, 5) is 58.2. The second-order valence-corrected chi connectivity index (χ2v) is 11.4. The van der Waals surface area contributed by atoms with Gasteiger partial charge in [-0.05, 0) is 39.3 Å². The van der Waals surface area contributed by atoms with Crippen LogP contribution in [-0.2, 0) is 26.3 Å². The van der Waals surface area contributed by atoms with Crippen LogP contribution in [0, 0.1) is 6.92 Å². The fraction of sp³-hybridized carbons (Fsp3) is 0.667. The Kier molecular flexibility index (Phi) is 11.1. The van der Waals surface area contributed by atoms with E-state index in [0.717, 1.165) is 25.9 Å². The van der Waals surface area contributed by atoms with Crippen LogP contribution in [0.1, 0.15) is 82.9 Å². The molecule has 3 rings (SSSR count). The van der Waals surface area contributed by atoms with Gasteiger partial charge >= 0.3 is 5.97 Å². The van der Waals surface area contributed by atoms with Crippen LogP contribution in [0.3, 0.4) is 0 Å². The van der Waals surface area contributed by atoms with Crippen molar-refractivity contribution in [2.45, 2.75) is 90.8 Å². The fourth-order valence-corrected chi connectivity index (χ4v) is 4.57. The Hall–Kier alpha value is -3.65. The molecule has 1 saturated heterocycles. The summed E-state index contributed by atoms with van der Waals surface area (Å²) in [6, 6.07) is -2.25. The average molecular weight is 575 g/mol. The van der Waals surface area contributed by atoms with Crippen molar-refractivity contribution in [1.29, 1.82) is 0 Å². The highest BCUT2D eigenvalue weighted by atomic mass is 16.6. The molecule has 0 aliphatic carbocycles. The van der Waals surface area contributed by atoms with Crippen LogP contribution >= 0.6 is 0 Å². The number of aryl methyl sites for hydroxylation is 1. The van der Waals surface area contributed by atoms with Crippen molar-refractivity contribution in [3.05, 3.63) is 33.6 Å². The monoisotopic (exact) mass is 574 g/mol. The first-order valence-corrected chi connectivity index (χ1v) is 14.0. The number of aliphatic carboxylic acids is 1. The van der Waals surface area contributed by atoms with Crippen molar-refractivity contribution in [2.75, 3.05) is 31.6 Å². The van der Waals surface area contributed by atoms with Crippen LogP contribution in [-0.4, -0.2) is 79.9 Å². The Morgan fingerprint density at radius 2 is 1.85 bits per heavy atom. The molecule has 2 aromatic rings. The zero-order valence-electron chi connectivity index (χ0n) is 24.5. The number of hydrogen-bond acceptors (Lipinski definition) is 11. The van der Waals surface area contributed by atoms with E-state index < -0.39 is 47.1 Å². The third-order valence-corrected chi connectivity index (χ3v) is 7.06. The van der Waals surface area contributed by atoms with Gasteiger partial charge in [-0.3, -0.25) is 34.0 Å². The molecule has 2 aromatic heterocycles. The molecule has 1 aliphatic heterocycles. The van der Waals surface area contributed by atoms with Crippen molar-refractivity contribution >= 4 is 23.5 Å². The minimum Gasteiger partial charge on any atom is -0.481 e. The molecule has 4 N–H and O–H groups in total. The number of amides is 1. The molecular formula is C27H42N8O6. The summed E-state index contributed by atoms with van der Waals surface area (Å²) in [5.41, 5.74) is 0.621.